The number of amides is 2. The molecule has 2 N–H and O–H groups in total. The highest BCUT2D eigenvalue weighted by Gasteiger charge is 2.16. The number of hydrogen-bond donors (Lipinski definition) is 2. The molecule has 1 aromatic carbocycles. The van der Waals surface area contributed by atoms with Gasteiger partial charge in [0.25, 0.3) is 0 Å². The summed E-state index contributed by atoms with van der Waals surface area (Å²) in [4.78, 5) is 30.7. The summed E-state index contributed by atoms with van der Waals surface area (Å²) in [5.74, 6) is -0.629. The molecule has 3 aromatic heterocycles. The van der Waals surface area contributed by atoms with Gasteiger partial charge in [0.05, 0.1) is 10.6 Å². The minimum atomic E-state index is -0.671. The van der Waals surface area contributed by atoms with E-state index in [4.69, 9.17) is 0 Å². The smallest absolute Gasteiger partial charge is 0.313 e. The summed E-state index contributed by atoms with van der Waals surface area (Å²) in [6.07, 6.45) is 0.551. The van der Waals surface area contributed by atoms with Crippen molar-refractivity contribution < 1.29 is 9.59 Å². The Morgan fingerprint density at radius 2 is 1.97 bits per heavy atom. The van der Waals surface area contributed by atoms with Crippen LogP contribution in [0.5, 0.6) is 0 Å². The van der Waals surface area contributed by atoms with Gasteiger partial charge < -0.3 is 10.6 Å². The number of aromatic nitrogens is 3. The van der Waals surface area contributed by atoms with Crippen LogP contribution in [0.15, 0.2) is 41.1 Å². The summed E-state index contributed by atoms with van der Waals surface area (Å²) in [7, 11) is 0. The molecular formula is C20H19N5O2S2. The number of anilines is 1. The van der Waals surface area contributed by atoms with E-state index in [1.807, 2.05) is 48.9 Å². The van der Waals surface area contributed by atoms with Gasteiger partial charge >= 0.3 is 11.8 Å². The zero-order valence-electron chi connectivity index (χ0n) is 15.9. The molecule has 4 aromatic rings. The maximum atomic E-state index is 12.2. The average molecular weight is 426 g/mol. The molecule has 0 spiro atoms. The molecule has 0 radical (unpaired) electrons. The van der Waals surface area contributed by atoms with Crippen LogP contribution in [0, 0.1) is 13.8 Å². The molecule has 0 saturated heterocycles. The van der Waals surface area contributed by atoms with Gasteiger partial charge in [-0.15, -0.1) is 27.8 Å². The van der Waals surface area contributed by atoms with Gasteiger partial charge in [-0.05, 0) is 42.5 Å². The van der Waals surface area contributed by atoms with Crippen molar-refractivity contribution in [3.63, 3.8) is 0 Å². The number of fused-ring (bicyclic) bond motifs is 1. The third-order valence-electron chi connectivity index (χ3n) is 4.62. The predicted octanol–water partition coefficient (Wildman–Crippen LogP) is 3.43. The molecule has 7 nitrogen and oxygen atoms in total. The molecule has 29 heavy (non-hydrogen) atoms. The third kappa shape index (κ3) is 4.06. The number of carbonyl (C=O) groups excluding carboxylic acids is 2. The van der Waals surface area contributed by atoms with E-state index in [9.17, 15) is 9.59 Å². The highest BCUT2D eigenvalue weighted by molar-refractivity contribution is 7.15. The molecule has 0 aliphatic carbocycles. The number of hydrogen-bond acceptors (Lipinski definition) is 6. The minimum absolute atomic E-state index is 0.332. The molecule has 2 amide bonds. The first kappa shape index (κ1) is 19.3. The molecule has 9 heteroatoms. The lowest BCUT2D eigenvalue weighted by molar-refractivity contribution is -0.136. The molecule has 0 atom stereocenters. The summed E-state index contributed by atoms with van der Waals surface area (Å²) in [6, 6.07) is 9.54. The predicted molar refractivity (Wildman–Crippen MR) is 115 cm³/mol. The Morgan fingerprint density at radius 3 is 2.76 bits per heavy atom. The Kier molecular flexibility index (Phi) is 5.41. The second-order valence-corrected chi connectivity index (χ2v) is 8.33. The Morgan fingerprint density at radius 1 is 1.10 bits per heavy atom. The summed E-state index contributed by atoms with van der Waals surface area (Å²) in [5.41, 5.74) is 3.59. The van der Waals surface area contributed by atoms with Gasteiger partial charge in [0, 0.05) is 24.0 Å². The number of aryl methyl sites for hydroxylation is 1. The van der Waals surface area contributed by atoms with Crippen molar-refractivity contribution in [1.29, 1.82) is 0 Å². The third-order valence-corrected chi connectivity index (χ3v) is 6.35. The lowest BCUT2D eigenvalue weighted by atomic mass is 10.1. The van der Waals surface area contributed by atoms with E-state index in [1.165, 1.54) is 11.3 Å². The van der Waals surface area contributed by atoms with Gasteiger partial charge in [0.2, 0.25) is 4.96 Å². The summed E-state index contributed by atoms with van der Waals surface area (Å²) < 4.78 is 1.79. The second-order valence-electron chi connectivity index (χ2n) is 6.54. The molecule has 148 valence electrons. The SMILES string of the molecule is Cc1cccc(NC(=O)C(=O)NCCc2csc3nc(-c4cccs4)nn23)c1C. The van der Waals surface area contributed by atoms with E-state index >= 15 is 0 Å². The number of nitrogens with zero attached hydrogens (tertiary/aromatic N) is 3. The Labute approximate surface area is 175 Å². The fraction of sp³-hybridized carbons (Fsp3) is 0.200. The first-order valence-electron chi connectivity index (χ1n) is 9.05. The number of carbonyl (C=O) groups is 2. The van der Waals surface area contributed by atoms with E-state index in [0.29, 0.717) is 24.5 Å². The van der Waals surface area contributed by atoms with Crippen LogP contribution in [0.2, 0.25) is 0 Å². The lowest BCUT2D eigenvalue weighted by Gasteiger charge is -2.10. The van der Waals surface area contributed by atoms with Crippen molar-refractivity contribution in [2.75, 3.05) is 11.9 Å². The van der Waals surface area contributed by atoms with Crippen LogP contribution in [0.25, 0.3) is 15.7 Å². The number of benzene rings is 1. The van der Waals surface area contributed by atoms with Gasteiger partial charge in [-0.1, -0.05) is 18.2 Å². The molecule has 0 aliphatic rings. The standard InChI is InChI=1S/C20H19N5O2S2/c1-12-5-3-6-15(13(12)2)22-19(27)18(26)21-9-8-14-11-29-20-23-17(24-25(14)20)16-7-4-10-28-16/h3-7,10-11H,8-9H2,1-2H3,(H,21,26)(H,22,27). The average Bonchev–Trinajstić information content (AvgIpc) is 3.43. The fourth-order valence-corrected chi connectivity index (χ4v) is 4.37. The van der Waals surface area contributed by atoms with Gasteiger partial charge in [0.15, 0.2) is 5.82 Å². The summed E-state index contributed by atoms with van der Waals surface area (Å²) >= 11 is 3.10. The Balaban J connectivity index is 1.35. The Hall–Kier alpha value is -3.04. The van der Waals surface area contributed by atoms with Crippen molar-refractivity contribution in [2.24, 2.45) is 0 Å². The van der Waals surface area contributed by atoms with E-state index in [1.54, 1.807) is 21.9 Å². The van der Waals surface area contributed by atoms with Crippen LogP contribution < -0.4 is 10.6 Å². The lowest BCUT2D eigenvalue weighted by Crippen LogP contribution is -2.36. The van der Waals surface area contributed by atoms with Gasteiger partial charge in [-0.3, -0.25) is 9.59 Å². The topological polar surface area (TPSA) is 88.4 Å². The molecular weight excluding hydrogens is 406 g/mol. The summed E-state index contributed by atoms with van der Waals surface area (Å²) in [5, 5.41) is 13.9. The van der Waals surface area contributed by atoms with Crippen LogP contribution in [0.1, 0.15) is 16.8 Å². The van der Waals surface area contributed by atoms with Gasteiger partial charge in [-0.2, -0.15) is 4.98 Å². The Bertz CT molecular complexity index is 1180. The van der Waals surface area contributed by atoms with E-state index in [-0.39, 0.29) is 0 Å². The molecule has 0 saturated carbocycles. The van der Waals surface area contributed by atoms with E-state index in [2.05, 4.69) is 20.7 Å². The van der Waals surface area contributed by atoms with Crippen molar-refractivity contribution >= 4 is 45.1 Å². The first-order valence-corrected chi connectivity index (χ1v) is 10.8. The molecule has 0 aliphatic heterocycles. The number of thiazole rings is 1. The molecule has 0 fully saturated rings. The molecule has 4 rings (SSSR count). The van der Waals surface area contributed by atoms with Gasteiger partial charge in [0.1, 0.15) is 0 Å². The van der Waals surface area contributed by atoms with E-state index < -0.39 is 11.8 Å². The van der Waals surface area contributed by atoms with Crippen molar-refractivity contribution in [3.8, 4) is 10.7 Å². The minimum Gasteiger partial charge on any atom is -0.347 e. The molecule has 0 bridgehead atoms. The number of rotatable bonds is 5. The van der Waals surface area contributed by atoms with Crippen LogP contribution in [0.3, 0.4) is 0 Å². The van der Waals surface area contributed by atoms with Crippen molar-refractivity contribution in [2.45, 2.75) is 20.3 Å². The number of nitrogens with one attached hydrogen (secondary N) is 2. The summed E-state index contributed by atoms with van der Waals surface area (Å²) in [6.45, 7) is 4.20. The normalized spacial score (nSPS) is 11.0. The highest BCUT2D eigenvalue weighted by atomic mass is 32.1. The zero-order valence-corrected chi connectivity index (χ0v) is 17.6. The fourth-order valence-electron chi connectivity index (χ4n) is 2.86. The number of thiophene rings is 1. The zero-order chi connectivity index (χ0) is 20.4. The largest absolute Gasteiger partial charge is 0.347 e. The van der Waals surface area contributed by atoms with Gasteiger partial charge in [-0.25, -0.2) is 4.52 Å². The van der Waals surface area contributed by atoms with Crippen LogP contribution in [0.4, 0.5) is 5.69 Å². The van der Waals surface area contributed by atoms with Crippen molar-refractivity contribution in [3.05, 3.63) is 57.9 Å². The van der Waals surface area contributed by atoms with Crippen LogP contribution in [-0.4, -0.2) is 33.0 Å². The van der Waals surface area contributed by atoms with E-state index in [0.717, 1.165) is 26.7 Å². The molecule has 0 unspecified atom stereocenters. The quantitative estimate of drug-likeness (QED) is 0.480. The molecule has 3 heterocycles. The second kappa shape index (κ2) is 8.14. The van der Waals surface area contributed by atoms with Crippen LogP contribution in [-0.2, 0) is 16.0 Å². The maximum Gasteiger partial charge on any atom is 0.313 e. The van der Waals surface area contributed by atoms with Crippen molar-refractivity contribution in [1.82, 2.24) is 19.9 Å². The van der Waals surface area contributed by atoms with Crippen LogP contribution >= 0.6 is 22.7 Å². The first-order chi connectivity index (χ1) is 14.0. The highest BCUT2D eigenvalue weighted by Crippen LogP contribution is 2.24. The monoisotopic (exact) mass is 425 g/mol. The maximum absolute atomic E-state index is 12.2.